The van der Waals surface area contributed by atoms with Crippen LogP contribution in [0.25, 0.3) is 0 Å². The zero-order valence-electron chi connectivity index (χ0n) is 10.6. The van der Waals surface area contributed by atoms with Crippen molar-refractivity contribution in [3.05, 3.63) is 0 Å². The van der Waals surface area contributed by atoms with E-state index in [9.17, 15) is 14.4 Å². The van der Waals surface area contributed by atoms with Gasteiger partial charge in [-0.05, 0) is 13.8 Å². The average Bonchev–Trinajstić information content (AvgIpc) is 2.14. The molecule has 0 aliphatic carbocycles. The van der Waals surface area contributed by atoms with Crippen molar-refractivity contribution < 1.29 is 24.2 Å². The predicted molar refractivity (Wildman–Crippen MR) is 62.9 cm³/mol. The van der Waals surface area contributed by atoms with E-state index in [0.29, 0.717) is 0 Å². The molecule has 0 fully saturated rings. The molecule has 1 atom stereocenters. The van der Waals surface area contributed by atoms with Gasteiger partial charge in [0, 0.05) is 19.1 Å². The lowest BCUT2D eigenvalue weighted by Crippen LogP contribution is -2.52. The normalized spacial score (nSPS) is 12.6. The van der Waals surface area contributed by atoms with E-state index in [0.717, 1.165) is 0 Å². The van der Waals surface area contributed by atoms with Gasteiger partial charge in [-0.1, -0.05) is 0 Å². The van der Waals surface area contributed by atoms with Crippen LogP contribution in [0.15, 0.2) is 0 Å². The summed E-state index contributed by atoms with van der Waals surface area (Å²) in [7, 11) is 1.23. The van der Waals surface area contributed by atoms with Crippen molar-refractivity contribution in [1.29, 1.82) is 0 Å². The molecule has 5 N–H and O–H groups in total. The molecule has 0 radical (unpaired) electrons. The third-order valence-electron chi connectivity index (χ3n) is 2.08. The summed E-state index contributed by atoms with van der Waals surface area (Å²) in [6.07, 6.45) is -1.14. The molecule has 18 heavy (non-hydrogen) atoms. The molecule has 0 saturated carbocycles. The summed E-state index contributed by atoms with van der Waals surface area (Å²) in [5.74, 6) is -1.71. The smallest absolute Gasteiger partial charge is 0.334 e. The summed E-state index contributed by atoms with van der Waals surface area (Å²) in [5.41, 5.74) is 4.23. The highest BCUT2D eigenvalue weighted by Gasteiger charge is 2.24. The molecule has 0 aromatic carbocycles. The number of nitrogens with two attached hydrogens (primary N) is 1. The van der Waals surface area contributed by atoms with Gasteiger partial charge in [-0.15, -0.1) is 0 Å². The SMILES string of the molecule is COC(CNC(=O)NC(C)(C)CC(N)=O)C(=O)O. The monoisotopic (exact) mass is 261 g/mol. The minimum Gasteiger partial charge on any atom is -0.479 e. The number of nitrogens with one attached hydrogen (secondary N) is 2. The van der Waals surface area contributed by atoms with E-state index in [4.69, 9.17) is 10.8 Å². The number of hydrogen-bond donors (Lipinski definition) is 4. The van der Waals surface area contributed by atoms with Crippen LogP contribution in [0.1, 0.15) is 20.3 Å². The largest absolute Gasteiger partial charge is 0.479 e. The number of rotatable bonds is 7. The molecule has 0 heterocycles. The van der Waals surface area contributed by atoms with Gasteiger partial charge in [-0.25, -0.2) is 9.59 Å². The Kier molecular flexibility index (Phi) is 6.11. The quantitative estimate of drug-likeness (QED) is 0.468. The molecule has 0 aromatic rings. The van der Waals surface area contributed by atoms with E-state index in [1.165, 1.54) is 7.11 Å². The van der Waals surface area contributed by atoms with Crippen LogP contribution in [0, 0.1) is 0 Å². The molecule has 0 spiro atoms. The van der Waals surface area contributed by atoms with Crippen LogP contribution in [0.2, 0.25) is 0 Å². The second-order valence-corrected chi connectivity index (χ2v) is 4.42. The van der Waals surface area contributed by atoms with E-state index < -0.39 is 29.6 Å². The summed E-state index contributed by atoms with van der Waals surface area (Å²) < 4.78 is 4.64. The Morgan fingerprint density at radius 3 is 2.33 bits per heavy atom. The summed E-state index contributed by atoms with van der Waals surface area (Å²) in [4.78, 5) is 32.8. The van der Waals surface area contributed by atoms with Crippen molar-refractivity contribution in [1.82, 2.24) is 10.6 Å². The van der Waals surface area contributed by atoms with Gasteiger partial charge in [-0.3, -0.25) is 4.79 Å². The molecule has 1 unspecified atom stereocenters. The number of ether oxygens (including phenoxy) is 1. The average molecular weight is 261 g/mol. The summed E-state index contributed by atoms with van der Waals surface area (Å²) in [5, 5.41) is 13.5. The molecule has 8 nitrogen and oxygen atoms in total. The number of carbonyl (C=O) groups is 3. The highest BCUT2D eigenvalue weighted by molar-refractivity contribution is 5.79. The Hall–Kier alpha value is -1.83. The Morgan fingerprint density at radius 2 is 1.94 bits per heavy atom. The van der Waals surface area contributed by atoms with E-state index in [-0.39, 0.29) is 13.0 Å². The number of methoxy groups -OCH3 is 1. The first-order chi connectivity index (χ1) is 8.18. The molecular formula is C10H19N3O5. The second-order valence-electron chi connectivity index (χ2n) is 4.42. The molecular weight excluding hydrogens is 242 g/mol. The number of urea groups is 1. The minimum atomic E-state index is -1.17. The standard InChI is InChI=1S/C10H19N3O5/c1-10(2,4-7(11)14)13-9(17)12-5-6(18-3)8(15)16/h6H,4-5H2,1-3H3,(H2,11,14)(H,15,16)(H2,12,13,17). The molecule has 0 aromatic heterocycles. The van der Waals surface area contributed by atoms with E-state index in [2.05, 4.69) is 15.4 Å². The second kappa shape index (κ2) is 6.80. The number of hydrogen-bond acceptors (Lipinski definition) is 4. The van der Waals surface area contributed by atoms with Crippen LogP contribution < -0.4 is 16.4 Å². The fourth-order valence-electron chi connectivity index (χ4n) is 1.29. The molecule has 0 aliphatic rings. The van der Waals surface area contributed by atoms with E-state index >= 15 is 0 Å². The van der Waals surface area contributed by atoms with Gasteiger partial charge in [0.1, 0.15) is 0 Å². The first-order valence-corrected chi connectivity index (χ1v) is 5.28. The maximum absolute atomic E-state index is 11.5. The first kappa shape index (κ1) is 16.2. The van der Waals surface area contributed by atoms with Crippen LogP contribution >= 0.6 is 0 Å². The van der Waals surface area contributed by atoms with Gasteiger partial charge in [0.25, 0.3) is 0 Å². The van der Waals surface area contributed by atoms with Gasteiger partial charge < -0.3 is 26.2 Å². The van der Waals surface area contributed by atoms with E-state index in [1.54, 1.807) is 13.8 Å². The fourth-order valence-corrected chi connectivity index (χ4v) is 1.29. The number of carbonyl (C=O) groups excluding carboxylic acids is 2. The van der Waals surface area contributed by atoms with Gasteiger partial charge in [0.2, 0.25) is 5.91 Å². The molecule has 104 valence electrons. The molecule has 8 heteroatoms. The van der Waals surface area contributed by atoms with Crippen molar-refractivity contribution in [2.75, 3.05) is 13.7 Å². The maximum Gasteiger partial charge on any atom is 0.334 e. The zero-order valence-corrected chi connectivity index (χ0v) is 10.6. The zero-order chi connectivity index (χ0) is 14.3. The first-order valence-electron chi connectivity index (χ1n) is 5.28. The van der Waals surface area contributed by atoms with Gasteiger partial charge in [0.05, 0.1) is 6.54 Å². The third-order valence-corrected chi connectivity index (χ3v) is 2.08. The van der Waals surface area contributed by atoms with Gasteiger partial charge in [0.15, 0.2) is 6.10 Å². The molecule has 0 aliphatic heterocycles. The lowest BCUT2D eigenvalue weighted by molar-refractivity contribution is -0.148. The van der Waals surface area contributed by atoms with Crippen LogP contribution in [0.5, 0.6) is 0 Å². The van der Waals surface area contributed by atoms with Crippen molar-refractivity contribution in [2.24, 2.45) is 5.73 Å². The molecule has 0 rings (SSSR count). The number of aliphatic carboxylic acids is 1. The van der Waals surface area contributed by atoms with Crippen molar-refractivity contribution in [3.8, 4) is 0 Å². The Morgan fingerprint density at radius 1 is 1.39 bits per heavy atom. The third kappa shape index (κ3) is 6.69. The van der Waals surface area contributed by atoms with Crippen molar-refractivity contribution in [2.45, 2.75) is 31.9 Å². The minimum absolute atomic E-state index is 0.0208. The Balaban J connectivity index is 4.19. The van der Waals surface area contributed by atoms with Crippen LogP contribution in [0.3, 0.4) is 0 Å². The van der Waals surface area contributed by atoms with Crippen molar-refractivity contribution in [3.63, 3.8) is 0 Å². The molecule has 3 amide bonds. The number of primary amides is 1. The maximum atomic E-state index is 11.5. The number of carboxylic acids is 1. The van der Waals surface area contributed by atoms with Crippen molar-refractivity contribution >= 4 is 17.9 Å². The van der Waals surface area contributed by atoms with Crippen LogP contribution in [-0.2, 0) is 14.3 Å². The Bertz CT molecular complexity index is 329. The van der Waals surface area contributed by atoms with Crippen LogP contribution in [-0.4, -0.2) is 48.3 Å². The lowest BCUT2D eigenvalue weighted by atomic mass is 10.0. The highest BCUT2D eigenvalue weighted by Crippen LogP contribution is 2.06. The lowest BCUT2D eigenvalue weighted by Gasteiger charge is -2.25. The summed E-state index contributed by atoms with van der Waals surface area (Å²) in [6.45, 7) is 3.08. The van der Waals surface area contributed by atoms with Crippen LogP contribution in [0.4, 0.5) is 4.79 Å². The summed E-state index contributed by atoms with van der Waals surface area (Å²) in [6, 6.07) is -0.593. The Labute approximate surface area is 105 Å². The number of carboxylic acid groups (broad SMARTS) is 1. The van der Waals surface area contributed by atoms with Gasteiger partial charge in [-0.2, -0.15) is 0 Å². The predicted octanol–water partition coefficient (Wildman–Crippen LogP) is -0.961. The van der Waals surface area contributed by atoms with Gasteiger partial charge >= 0.3 is 12.0 Å². The molecule has 0 bridgehead atoms. The molecule has 0 saturated heterocycles. The highest BCUT2D eigenvalue weighted by atomic mass is 16.5. The number of amides is 3. The topological polar surface area (TPSA) is 131 Å². The fraction of sp³-hybridized carbons (Fsp3) is 0.700. The summed E-state index contributed by atoms with van der Waals surface area (Å²) >= 11 is 0. The van der Waals surface area contributed by atoms with E-state index in [1.807, 2.05) is 0 Å².